The molecule has 2 heteroatoms. The van der Waals surface area contributed by atoms with Gasteiger partial charge in [0.15, 0.2) is 0 Å². The van der Waals surface area contributed by atoms with Crippen molar-refractivity contribution in [2.45, 2.75) is 32.5 Å². The smallest absolute Gasteiger partial charge is 0.195 e. The monoisotopic (exact) mass is 102 g/mol. The van der Waals surface area contributed by atoms with Gasteiger partial charge in [0.2, 0.25) is 5.79 Å². The van der Waals surface area contributed by atoms with Crippen molar-refractivity contribution in [3.05, 3.63) is 0 Å². The summed E-state index contributed by atoms with van der Waals surface area (Å²) in [6.45, 7) is 4.10. The van der Waals surface area contributed by atoms with Gasteiger partial charge in [-0.25, -0.2) is 0 Å². The van der Waals surface area contributed by atoms with Crippen LogP contribution >= 0.6 is 0 Å². The van der Waals surface area contributed by atoms with Crippen LogP contribution in [-0.2, 0) is 9.78 Å². The van der Waals surface area contributed by atoms with Gasteiger partial charge in [0.1, 0.15) is 0 Å². The molecule has 1 aliphatic heterocycles. The van der Waals surface area contributed by atoms with E-state index < -0.39 is 0 Å². The Bertz CT molecular complexity index is 60.5. The molecule has 1 rings (SSSR count). The standard InChI is InChI=1S/C5H10O2/c1-3-5(4-2)6-7-5/h3-4H2,1-2H3. The second-order valence-corrected chi connectivity index (χ2v) is 1.78. The molecule has 0 bridgehead atoms. The average molecular weight is 102 g/mol. The van der Waals surface area contributed by atoms with Crippen LogP contribution in [0.2, 0.25) is 0 Å². The molecule has 0 atom stereocenters. The Labute approximate surface area is 43.3 Å². The van der Waals surface area contributed by atoms with Crippen LogP contribution in [0.1, 0.15) is 26.7 Å². The van der Waals surface area contributed by atoms with E-state index >= 15 is 0 Å². The molecule has 2 nitrogen and oxygen atoms in total. The fraction of sp³-hybridized carbons (Fsp3) is 1.00. The van der Waals surface area contributed by atoms with E-state index in [1.165, 1.54) is 0 Å². The van der Waals surface area contributed by atoms with E-state index in [0.29, 0.717) is 0 Å². The lowest BCUT2D eigenvalue weighted by Crippen LogP contribution is -2.04. The van der Waals surface area contributed by atoms with E-state index in [9.17, 15) is 0 Å². The number of hydrogen-bond acceptors (Lipinski definition) is 2. The van der Waals surface area contributed by atoms with E-state index in [1.54, 1.807) is 0 Å². The lowest BCUT2D eigenvalue weighted by atomic mass is 10.2. The van der Waals surface area contributed by atoms with Crippen molar-refractivity contribution < 1.29 is 9.78 Å². The summed E-state index contributed by atoms with van der Waals surface area (Å²) in [5.41, 5.74) is 0. The van der Waals surface area contributed by atoms with Crippen LogP contribution < -0.4 is 0 Å². The molecular formula is C5H10O2. The van der Waals surface area contributed by atoms with Gasteiger partial charge in [-0.3, -0.25) is 0 Å². The van der Waals surface area contributed by atoms with Crippen LogP contribution in [0.25, 0.3) is 0 Å². The van der Waals surface area contributed by atoms with E-state index in [0.717, 1.165) is 12.8 Å². The zero-order chi connectivity index (χ0) is 5.33. The van der Waals surface area contributed by atoms with E-state index in [1.807, 2.05) is 0 Å². The maximum atomic E-state index is 4.69. The van der Waals surface area contributed by atoms with Crippen LogP contribution in [0.3, 0.4) is 0 Å². The normalized spacial score (nSPS) is 24.9. The van der Waals surface area contributed by atoms with Crippen molar-refractivity contribution in [2.75, 3.05) is 0 Å². The third-order valence-corrected chi connectivity index (χ3v) is 1.40. The fourth-order valence-electron chi connectivity index (χ4n) is 0.545. The van der Waals surface area contributed by atoms with Crippen molar-refractivity contribution in [3.8, 4) is 0 Å². The summed E-state index contributed by atoms with van der Waals surface area (Å²) in [6, 6.07) is 0. The molecule has 0 aromatic heterocycles. The lowest BCUT2D eigenvalue weighted by Gasteiger charge is -1.93. The van der Waals surface area contributed by atoms with Gasteiger partial charge in [0.05, 0.1) is 0 Å². The quantitative estimate of drug-likeness (QED) is 0.389. The first-order valence-corrected chi connectivity index (χ1v) is 2.70. The topological polar surface area (TPSA) is 25.1 Å². The molecule has 42 valence electrons. The second-order valence-electron chi connectivity index (χ2n) is 1.78. The Hall–Kier alpha value is -0.0800. The highest BCUT2D eigenvalue weighted by Gasteiger charge is 2.44. The van der Waals surface area contributed by atoms with Crippen molar-refractivity contribution >= 4 is 0 Å². The Morgan fingerprint density at radius 3 is 1.57 bits per heavy atom. The zero-order valence-corrected chi connectivity index (χ0v) is 4.73. The summed E-state index contributed by atoms with van der Waals surface area (Å²) in [6.07, 6.45) is 1.92. The predicted molar refractivity (Wildman–Crippen MR) is 25.5 cm³/mol. The minimum absolute atomic E-state index is 0.167. The summed E-state index contributed by atoms with van der Waals surface area (Å²) >= 11 is 0. The summed E-state index contributed by atoms with van der Waals surface area (Å²) < 4.78 is 0. The Morgan fingerprint density at radius 1 is 1.14 bits per heavy atom. The molecule has 0 aromatic rings. The highest BCUT2D eigenvalue weighted by molar-refractivity contribution is 4.68. The van der Waals surface area contributed by atoms with Gasteiger partial charge in [-0.2, -0.15) is 9.78 Å². The Kier molecular flexibility index (Phi) is 1.05. The zero-order valence-electron chi connectivity index (χ0n) is 4.73. The first-order valence-electron chi connectivity index (χ1n) is 2.70. The van der Waals surface area contributed by atoms with Gasteiger partial charge >= 0.3 is 0 Å². The van der Waals surface area contributed by atoms with Crippen LogP contribution in [-0.4, -0.2) is 5.79 Å². The second kappa shape index (κ2) is 1.46. The van der Waals surface area contributed by atoms with Gasteiger partial charge < -0.3 is 0 Å². The van der Waals surface area contributed by atoms with Gasteiger partial charge in [0, 0.05) is 12.8 Å². The number of hydrogen-bond donors (Lipinski definition) is 0. The highest BCUT2D eigenvalue weighted by Crippen LogP contribution is 2.35. The predicted octanol–water partition coefficient (Wildman–Crippen LogP) is 1.46. The van der Waals surface area contributed by atoms with Crippen LogP contribution in [0, 0.1) is 0 Å². The fourth-order valence-corrected chi connectivity index (χ4v) is 0.545. The first kappa shape index (κ1) is 5.06. The van der Waals surface area contributed by atoms with Crippen molar-refractivity contribution in [3.63, 3.8) is 0 Å². The third kappa shape index (κ3) is 0.763. The molecule has 0 aliphatic carbocycles. The summed E-state index contributed by atoms with van der Waals surface area (Å²) in [4.78, 5) is 9.39. The molecule has 0 aromatic carbocycles. The number of rotatable bonds is 2. The lowest BCUT2D eigenvalue weighted by molar-refractivity contribution is 0.0850. The molecule has 0 radical (unpaired) electrons. The molecule has 7 heavy (non-hydrogen) atoms. The van der Waals surface area contributed by atoms with Crippen LogP contribution in [0.4, 0.5) is 0 Å². The molecule has 0 spiro atoms. The Balaban J connectivity index is 2.28. The average Bonchev–Trinajstić information content (AvgIpc) is 2.46. The molecule has 0 unspecified atom stereocenters. The maximum absolute atomic E-state index is 4.69. The summed E-state index contributed by atoms with van der Waals surface area (Å²) in [5, 5.41) is 0. The van der Waals surface area contributed by atoms with Gasteiger partial charge in [-0.05, 0) is 0 Å². The minimum atomic E-state index is -0.167. The van der Waals surface area contributed by atoms with Crippen molar-refractivity contribution in [1.82, 2.24) is 0 Å². The molecule has 1 aliphatic rings. The van der Waals surface area contributed by atoms with Gasteiger partial charge in [-0.15, -0.1) is 0 Å². The van der Waals surface area contributed by atoms with Crippen LogP contribution in [0.15, 0.2) is 0 Å². The van der Waals surface area contributed by atoms with E-state index in [-0.39, 0.29) is 5.79 Å². The van der Waals surface area contributed by atoms with Gasteiger partial charge in [-0.1, -0.05) is 13.8 Å². The molecule has 1 fully saturated rings. The summed E-state index contributed by atoms with van der Waals surface area (Å²) in [7, 11) is 0. The molecule has 1 heterocycles. The summed E-state index contributed by atoms with van der Waals surface area (Å²) in [5.74, 6) is -0.167. The van der Waals surface area contributed by atoms with Crippen LogP contribution in [0.5, 0.6) is 0 Å². The molecular weight excluding hydrogens is 92.1 g/mol. The molecule has 0 N–H and O–H groups in total. The van der Waals surface area contributed by atoms with Gasteiger partial charge in [0.25, 0.3) is 0 Å². The third-order valence-electron chi connectivity index (χ3n) is 1.40. The highest BCUT2D eigenvalue weighted by atomic mass is 17.4. The van der Waals surface area contributed by atoms with Crippen molar-refractivity contribution in [2.24, 2.45) is 0 Å². The molecule has 1 saturated heterocycles. The minimum Gasteiger partial charge on any atom is -0.195 e. The SMILES string of the molecule is CCC1(CC)OO1. The van der Waals surface area contributed by atoms with E-state index in [2.05, 4.69) is 13.8 Å². The molecule has 0 amide bonds. The molecule has 0 saturated carbocycles. The maximum Gasteiger partial charge on any atom is 0.233 e. The first-order chi connectivity index (χ1) is 3.33. The van der Waals surface area contributed by atoms with Crippen molar-refractivity contribution in [1.29, 1.82) is 0 Å². The van der Waals surface area contributed by atoms with E-state index in [4.69, 9.17) is 9.78 Å². The Morgan fingerprint density at radius 2 is 1.57 bits per heavy atom. The largest absolute Gasteiger partial charge is 0.233 e.